The number of rotatable bonds is 3. The molecule has 0 bridgehead atoms. The van der Waals surface area contributed by atoms with Crippen molar-refractivity contribution in [3.05, 3.63) is 12.8 Å². The first-order valence-corrected chi connectivity index (χ1v) is 3.74. The topological polar surface area (TPSA) is 35.5 Å². The van der Waals surface area contributed by atoms with E-state index in [4.69, 9.17) is 6.42 Å². The van der Waals surface area contributed by atoms with E-state index < -0.39 is 7.60 Å². The summed E-state index contributed by atoms with van der Waals surface area (Å²) in [5.74, 6) is 0. The van der Waals surface area contributed by atoms with Crippen LogP contribution in [0.1, 0.15) is 0 Å². The molecule has 0 N–H and O–H groups in total. The van der Waals surface area contributed by atoms with Crippen LogP contribution in [0.2, 0.25) is 0 Å². The molecule has 0 rings (SSSR count). The minimum absolute atomic E-state index is 0.915. The number of hydrogen-bond donors (Lipinski definition) is 0. The van der Waals surface area contributed by atoms with Crippen LogP contribution in [-0.2, 0) is 13.6 Å². The van der Waals surface area contributed by atoms with Crippen LogP contribution >= 0.6 is 7.60 Å². The van der Waals surface area contributed by atoms with Crippen molar-refractivity contribution in [2.24, 2.45) is 0 Å². The first-order valence-electron chi connectivity index (χ1n) is 2.20. The van der Waals surface area contributed by atoms with E-state index in [0.717, 1.165) is 6.26 Å². The van der Waals surface area contributed by atoms with Crippen LogP contribution in [0.15, 0.2) is 12.8 Å². The third-order valence-corrected chi connectivity index (χ3v) is 1.63. The van der Waals surface area contributed by atoms with Crippen LogP contribution < -0.4 is 0 Å². The average Bonchev–Trinajstić information content (AvgIpc) is 1.89. The summed E-state index contributed by atoms with van der Waals surface area (Å²) < 4.78 is 19.4. The Bertz CT molecular complexity index is 243. The van der Waals surface area contributed by atoms with Crippen LogP contribution in [0.5, 0.6) is 0 Å². The molecule has 0 aliphatic heterocycles. The van der Waals surface area contributed by atoms with E-state index in [9.17, 15) is 4.57 Å². The van der Waals surface area contributed by atoms with Crippen molar-refractivity contribution >= 4 is 7.60 Å². The van der Waals surface area contributed by atoms with Gasteiger partial charge in [0, 0.05) is 5.66 Å². The molecule has 0 saturated carbocycles. The van der Waals surface area contributed by atoms with Gasteiger partial charge in [-0.15, -0.1) is 6.42 Å². The molecule has 0 heterocycles. The molecule has 0 fully saturated rings. The second kappa shape index (κ2) is 3.67. The summed E-state index contributed by atoms with van der Waals surface area (Å²) in [6.07, 6.45) is 12.0. The van der Waals surface area contributed by atoms with Gasteiger partial charge in [0.1, 0.15) is 6.11 Å². The summed E-state index contributed by atoms with van der Waals surface area (Å²) in [6, 6.07) is 0. The monoisotopic (exact) mass is 156 g/mol. The maximum absolute atomic E-state index is 10.9. The van der Waals surface area contributed by atoms with Gasteiger partial charge in [0.15, 0.2) is 0 Å². The molecule has 0 aliphatic carbocycles. The Balaban J connectivity index is 4.31. The average molecular weight is 156 g/mol. The fraction of sp³-hybridized carbons (Fsp3) is 0. The zero-order valence-corrected chi connectivity index (χ0v) is 6.01. The minimum Gasteiger partial charge on any atom is -0.415 e. The second-order valence-electron chi connectivity index (χ2n) is 1.11. The SMILES string of the molecule is C#COP(=O)(C#C)OC=C. The van der Waals surface area contributed by atoms with E-state index in [1.165, 1.54) is 0 Å². The van der Waals surface area contributed by atoms with E-state index in [-0.39, 0.29) is 0 Å². The van der Waals surface area contributed by atoms with Crippen molar-refractivity contribution < 1.29 is 13.6 Å². The molecule has 0 aromatic carbocycles. The van der Waals surface area contributed by atoms with Crippen molar-refractivity contribution in [3.8, 4) is 24.6 Å². The predicted octanol–water partition coefficient (Wildman–Crippen LogP) is 1.54. The summed E-state index contributed by atoms with van der Waals surface area (Å²) in [4.78, 5) is 0. The Kier molecular flexibility index (Phi) is 3.19. The lowest BCUT2D eigenvalue weighted by atomic mass is 11.2. The Labute approximate surface area is 59.6 Å². The van der Waals surface area contributed by atoms with Crippen molar-refractivity contribution in [1.29, 1.82) is 0 Å². The first-order chi connectivity index (χ1) is 4.68. The van der Waals surface area contributed by atoms with Gasteiger partial charge in [0.2, 0.25) is 0 Å². The van der Waals surface area contributed by atoms with Gasteiger partial charge in [-0.25, -0.2) is 4.57 Å². The van der Waals surface area contributed by atoms with Crippen LogP contribution in [-0.4, -0.2) is 0 Å². The second-order valence-corrected chi connectivity index (χ2v) is 2.75. The van der Waals surface area contributed by atoms with Crippen molar-refractivity contribution in [3.63, 3.8) is 0 Å². The summed E-state index contributed by atoms with van der Waals surface area (Å²) in [7, 11) is -3.53. The summed E-state index contributed by atoms with van der Waals surface area (Å²) in [5.41, 5.74) is 1.78. The molecule has 10 heavy (non-hydrogen) atoms. The molecular weight excluding hydrogens is 151 g/mol. The molecule has 3 nitrogen and oxygen atoms in total. The van der Waals surface area contributed by atoms with E-state index in [1.807, 2.05) is 0 Å². The zero-order valence-electron chi connectivity index (χ0n) is 5.11. The van der Waals surface area contributed by atoms with Gasteiger partial charge < -0.3 is 9.05 Å². The first kappa shape index (κ1) is 8.69. The van der Waals surface area contributed by atoms with Crippen LogP contribution in [0, 0.1) is 24.6 Å². The smallest absolute Gasteiger partial charge is 0.415 e. The Hall–Kier alpha value is -1.31. The molecule has 52 valence electrons. The molecule has 0 aromatic heterocycles. The van der Waals surface area contributed by atoms with Gasteiger partial charge in [0.25, 0.3) is 0 Å². The highest BCUT2D eigenvalue weighted by molar-refractivity contribution is 7.59. The summed E-state index contributed by atoms with van der Waals surface area (Å²) in [6.45, 7) is 3.14. The summed E-state index contributed by atoms with van der Waals surface area (Å²) in [5, 5.41) is 0. The quantitative estimate of drug-likeness (QED) is 0.353. The Morgan fingerprint density at radius 3 is 2.50 bits per heavy atom. The van der Waals surface area contributed by atoms with Crippen LogP contribution in [0.3, 0.4) is 0 Å². The molecule has 0 aromatic rings. The number of terminal acetylenes is 2. The van der Waals surface area contributed by atoms with Gasteiger partial charge in [0.05, 0.1) is 6.26 Å². The maximum atomic E-state index is 10.9. The highest BCUT2D eigenvalue weighted by Gasteiger charge is 2.20. The molecule has 1 unspecified atom stereocenters. The largest absolute Gasteiger partial charge is 0.516 e. The highest BCUT2D eigenvalue weighted by atomic mass is 31.2. The van der Waals surface area contributed by atoms with Gasteiger partial charge in [-0.2, -0.15) is 0 Å². The molecular formula is C6H5O3P. The van der Waals surface area contributed by atoms with Crippen molar-refractivity contribution in [1.82, 2.24) is 0 Å². The maximum Gasteiger partial charge on any atom is 0.516 e. The van der Waals surface area contributed by atoms with E-state index in [0.29, 0.717) is 0 Å². The Morgan fingerprint density at radius 2 is 2.20 bits per heavy atom. The van der Waals surface area contributed by atoms with Gasteiger partial charge in [-0.1, -0.05) is 13.0 Å². The van der Waals surface area contributed by atoms with Gasteiger partial charge >= 0.3 is 7.60 Å². The number of hydrogen-bond acceptors (Lipinski definition) is 3. The predicted molar refractivity (Wildman–Crippen MR) is 37.6 cm³/mol. The fourth-order valence-corrected chi connectivity index (χ4v) is 0.737. The van der Waals surface area contributed by atoms with E-state index in [2.05, 4.69) is 22.0 Å². The van der Waals surface area contributed by atoms with Gasteiger partial charge in [-0.3, -0.25) is 0 Å². The van der Waals surface area contributed by atoms with Crippen LogP contribution in [0.4, 0.5) is 0 Å². The molecule has 1 atom stereocenters. The van der Waals surface area contributed by atoms with E-state index >= 15 is 0 Å². The lowest BCUT2D eigenvalue weighted by molar-refractivity contribution is 0.355. The lowest BCUT2D eigenvalue weighted by Crippen LogP contribution is -1.81. The molecule has 0 radical (unpaired) electrons. The molecule has 0 saturated heterocycles. The minimum atomic E-state index is -3.53. The molecule has 0 amide bonds. The zero-order chi connectivity index (χ0) is 8.04. The van der Waals surface area contributed by atoms with Crippen molar-refractivity contribution in [2.75, 3.05) is 0 Å². The summed E-state index contributed by atoms with van der Waals surface area (Å²) >= 11 is 0. The Morgan fingerprint density at radius 1 is 1.60 bits per heavy atom. The van der Waals surface area contributed by atoms with Crippen LogP contribution in [0.25, 0.3) is 0 Å². The third kappa shape index (κ3) is 2.31. The third-order valence-electron chi connectivity index (χ3n) is 0.544. The molecule has 0 spiro atoms. The lowest BCUT2D eigenvalue weighted by Gasteiger charge is -2.04. The van der Waals surface area contributed by atoms with Gasteiger partial charge in [-0.05, 0) is 0 Å². The fourth-order valence-electron chi connectivity index (χ4n) is 0.246. The van der Waals surface area contributed by atoms with Crippen molar-refractivity contribution in [2.45, 2.75) is 0 Å². The molecule has 0 aliphatic rings. The standard InChI is InChI=1S/C6H5O3P/c1-4-8-10(7,6-3)9-5-2/h1,3,5H,2H2. The normalized spacial score (nSPS) is 13.4. The van der Waals surface area contributed by atoms with E-state index in [1.54, 1.807) is 11.8 Å². The highest BCUT2D eigenvalue weighted by Crippen LogP contribution is 2.46. The molecule has 4 heteroatoms.